The molecule has 0 bridgehead atoms. The molecule has 0 aliphatic carbocycles. The van der Waals surface area contributed by atoms with Crippen LogP contribution in [0, 0.1) is 23.7 Å². The molecule has 3 atom stereocenters. The van der Waals surface area contributed by atoms with Crippen LogP contribution in [0.15, 0.2) is 0 Å². The van der Waals surface area contributed by atoms with Gasteiger partial charge in [-0.2, -0.15) is 0 Å². The second kappa shape index (κ2) is 12.8. The van der Waals surface area contributed by atoms with E-state index >= 15 is 0 Å². The Hall–Kier alpha value is -2.25. The molecule has 0 saturated carbocycles. The van der Waals surface area contributed by atoms with E-state index in [2.05, 4.69) is 5.32 Å². The molecule has 188 valence electrons. The summed E-state index contributed by atoms with van der Waals surface area (Å²) in [6.45, 7) is 13.3. The van der Waals surface area contributed by atoms with Crippen LogP contribution in [0.3, 0.4) is 0 Å². The van der Waals surface area contributed by atoms with E-state index in [1.807, 2.05) is 41.5 Å². The van der Waals surface area contributed by atoms with Gasteiger partial charge in [0, 0.05) is 38.3 Å². The minimum Gasteiger partial charge on any atom is -0.344 e. The smallest absolute Gasteiger partial charge is 0.243 e. The number of Topliss-reactive ketones (excluding diaryl/α,β-unsaturated/α-hetero) is 1. The number of nitrogens with zero attached hydrogens (tertiary/aromatic N) is 2. The van der Waals surface area contributed by atoms with E-state index in [9.17, 15) is 24.0 Å². The van der Waals surface area contributed by atoms with Crippen molar-refractivity contribution in [2.45, 2.75) is 92.7 Å². The van der Waals surface area contributed by atoms with Gasteiger partial charge < -0.3 is 10.2 Å². The van der Waals surface area contributed by atoms with E-state index in [1.54, 1.807) is 14.0 Å². The molecular formula is C25H43N3O5. The minimum atomic E-state index is -0.667. The highest BCUT2D eigenvalue weighted by atomic mass is 16.2. The van der Waals surface area contributed by atoms with Crippen LogP contribution in [0.1, 0.15) is 80.6 Å². The number of ketones is 1. The quantitative estimate of drug-likeness (QED) is 0.333. The van der Waals surface area contributed by atoms with Crippen LogP contribution in [0.4, 0.5) is 0 Å². The highest BCUT2D eigenvalue weighted by Crippen LogP contribution is 2.20. The van der Waals surface area contributed by atoms with Crippen molar-refractivity contribution in [2.75, 3.05) is 13.6 Å². The van der Waals surface area contributed by atoms with Crippen molar-refractivity contribution >= 4 is 29.4 Å². The summed E-state index contributed by atoms with van der Waals surface area (Å²) < 4.78 is 0. The largest absolute Gasteiger partial charge is 0.344 e. The summed E-state index contributed by atoms with van der Waals surface area (Å²) in [6.07, 6.45) is 2.54. The van der Waals surface area contributed by atoms with E-state index in [0.29, 0.717) is 25.8 Å². The molecule has 1 heterocycles. The Morgan fingerprint density at radius 3 is 2.06 bits per heavy atom. The summed E-state index contributed by atoms with van der Waals surface area (Å²) in [6, 6.07) is -1.25. The maximum Gasteiger partial charge on any atom is 0.243 e. The molecule has 1 aliphatic rings. The van der Waals surface area contributed by atoms with Crippen molar-refractivity contribution < 1.29 is 24.0 Å². The van der Waals surface area contributed by atoms with Crippen LogP contribution in [-0.4, -0.2) is 64.9 Å². The van der Waals surface area contributed by atoms with E-state index in [4.69, 9.17) is 0 Å². The average Bonchev–Trinajstić information content (AvgIpc) is 2.96. The Balaban J connectivity index is 2.61. The first-order chi connectivity index (χ1) is 15.3. The van der Waals surface area contributed by atoms with E-state index in [1.165, 1.54) is 9.80 Å². The van der Waals surface area contributed by atoms with Gasteiger partial charge in [0.25, 0.3) is 0 Å². The number of likely N-dealkylation sites (tertiary alicyclic amines) is 1. The summed E-state index contributed by atoms with van der Waals surface area (Å²) in [5.41, 5.74) is 0. The fraction of sp³-hybridized carbons (Fsp3) is 0.800. The van der Waals surface area contributed by atoms with Gasteiger partial charge >= 0.3 is 0 Å². The summed E-state index contributed by atoms with van der Waals surface area (Å²) in [5, 5.41) is 2.88. The van der Waals surface area contributed by atoms with Gasteiger partial charge in [-0.25, -0.2) is 0 Å². The predicted octanol–water partition coefficient (Wildman–Crippen LogP) is 2.79. The van der Waals surface area contributed by atoms with Crippen molar-refractivity contribution in [3.8, 4) is 0 Å². The standard InChI is InChI=1S/C25H43N3O5/c1-15(2)21(23(31)17(5)6)26-24(32)22(16(3)4)27(8)19(29)12-10-9-11-13-28-20(30)14-18(7)25(28)33/h15-18,21-22H,9-14H2,1-8H3,(H,26,32)/t18?,21-,22-/m0/s1. The first-order valence-electron chi connectivity index (χ1n) is 12.2. The SMILES string of the molecule is CC(C)C(=O)[C@@H](NC(=O)[C@H](C(C)C)N(C)C(=O)CCCCCN1C(=O)CC(C)C1=O)C(C)C. The van der Waals surface area contributed by atoms with E-state index in [0.717, 1.165) is 0 Å². The molecule has 1 saturated heterocycles. The van der Waals surface area contributed by atoms with Gasteiger partial charge in [0.2, 0.25) is 23.6 Å². The Labute approximate surface area is 198 Å². The van der Waals surface area contributed by atoms with Crippen molar-refractivity contribution in [1.82, 2.24) is 15.1 Å². The average molecular weight is 466 g/mol. The van der Waals surface area contributed by atoms with Gasteiger partial charge in [-0.1, -0.05) is 54.9 Å². The second-order valence-electron chi connectivity index (χ2n) is 10.3. The normalized spacial score (nSPS) is 18.3. The molecule has 4 amide bonds. The zero-order chi connectivity index (χ0) is 25.5. The van der Waals surface area contributed by atoms with Gasteiger partial charge in [-0.15, -0.1) is 0 Å². The van der Waals surface area contributed by atoms with Gasteiger partial charge in [-0.3, -0.25) is 28.9 Å². The number of amides is 4. The Bertz CT molecular complexity index is 732. The van der Waals surface area contributed by atoms with Crippen molar-refractivity contribution in [2.24, 2.45) is 23.7 Å². The Morgan fingerprint density at radius 2 is 1.61 bits per heavy atom. The molecule has 1 N–H and O–H groups in total. The summed E-state index contributed by atoms with van der Waals surface area (Å²) in [4.78, 5) is 65.0. The fourth-order valence-electron chi connectivity index (χ4n) is 4.23. The Morgan fingerprint density at radius 1 is 1.00 bits per heavy atom. The van der Waals surface area contributed by atoms with Crippen molar-refractivity contribution in [1.29, 1.82) is 0 Å². The first kappa shape index (κ1) is 28.8. The number of carbonyl (C=O) groups is 5. The van der Waals surface area contributed by atoms with Gasteiger partial charge in [-0.05, 0) is 24.7 Å². The van der Waals surface area contributed by atoms with Gasteiger partial charge in [0.15, 0.2) is 5.78 Å². The second-order valence-corrected chi connectivity index (χ2v) is 10.3. The molecule has 0 aromatic heterocycles. The van der Waals surface area contributed by atoms with Crippen LogP contribution >= 0.6 is 0 Å². The molecule has 33 heavy (non-hydrogen) atoms. The highest BCUT2D eigenvalue weighted by Gasteiger charge is 2.35. The number of rotatable bonds is 13. The van der Waals surface area contributed by atoms with Crippen LogP contribution < -0.4 is 5.32 Å². The third-order valence-corrected chi connectivity index (χ3v) is 6.29. The van der Waals surface area contributed by atoms with Gasteiger partial charge in [0.1, 0.15) is 6.04 Å². The summed E-state index contributed by atoms with van der Waals surface area (Å²) in [7, 11) is 1.63. The molecule has 1 rings (SSSR count). The van der Waals surface area contributed by atoms with Crippen molar-refractivity contribution in [3.05, 3.63) is 0 Å². The lowest BCUT2D eigenvalue weighted by molar-refractivity contribution is -0.142. The number of likely N-dealkylation sites (N-methyl/N-ethyl adjacent to an activating group) is 1. The molecule has 0 spiro atoms. The lowest BCUT2D eigenvalue weighted by atomic mass is 9.92. The number of carbonyl (C=O) groups excluding carboxylic acids is 5. The monoisotopic (exact) mass is 465 g/mol. The molecule has 1 unspecified atom stereocenters. The molecular weight excluding hydrogens is 422 g/mol. The number of unbranched alkanes of at least 4 members (excludes halogenated alkanes) is 2. The minimum absolute atomic E-state index is 0.0146. The zero-order valence-corrected chi connectivity index (χ0v) is 21.6. The predicted molar refractivity (Wildman–Crippen MR) is 127 cm³/mol. The van der Waals surface area contributed by atoms with Crippen molar-refractivity contribution in [3.63, 3.8) is 0 Å². The third kappa shape index (κ3) is 7.93. The topological polar surface area (TPSA) is 104 Å². The fourth-order valence-corrected chi connectivity index (χ4v) is 4.23. The molecule has 8 nitrogen and oxygen atoms in total. The number of hydrogen-bond acceptors (Lipinski definition) is 5. The lowest BCUT2D eigenvalue weighted by Gasteiger charge is -2.33. The van der Waals surface area contributed by atoms with E-state index < -0.39 is 12.1 Å². The van der Waals surface area contributed by atoms with Crippen LogP contribution in [-0.2, 0) is 24.0 Å². The molecule has 8 heteroatoms. The number of imide groups is 1. The molecule has 0 aromatic rings. The Kier molecular flexibility index (Phi) is 11.2. The van der Waals surface area contributed by atoms with Gasteiger partial charge in [0.05, 0.1) is 6.04 Å². The van der Waals surface area contributed by atoms with E-state index in [-0.39, 0.29) is 65.9 Å². The van der Waals surface area contributed by atoms with Crippen LogP contribution in [0.2, 0.25) is 0 Å². The summed E-state index contributed by atoms with van der Waals surface area (Å²) in [5.74, 6) is -1.29. The molecule has 1 fully saturated rings. The maximum absolute atomic E-state index is 13.1. The first-order valence-corrected chi connectivity index (χ1v) is 12.2. The summed E-state index contributed by atoms with van der Waals surface area (Å²) >= 11 is 0. The molecule has 0 radical (unpaired) electrons. The number of nitrogens with one attached hydrogen (secondary N) is 1. The lowest BCUT2D eigenvalue weighted by Crippen LogP contribution is -2.55. The van der Waals surface area contributed by atoms with Crippen LogP contribution in [0.25, 0.3) is 0 Å². The van der Waals surface area contributed by atoms with Crippen LogP contribution in [0.5, 0.6) is 0 Å². The maximum atomic E-state index is 13.1. The highest BCUT2D eigenvalue weighted by molar-refractivity contribution is 6.03. The molecule has 1 aliphatic heterocycles. The number of hydrogen-bond donors (Lipinski definition) is 1. The zero-order valence-electron chi connectivity index (χ0n) is 21.6. The molecule has 0 aromatic carbocycles. The third-order valence-electron chi connectivity index (χ3n) is 6.29.